The molecular weight excluding hydrogens is 246 g/mol. The minimum Gasteiger partial charge on any atom is -0.330 e. The van der Waals surface area contributed by atoms with E-state index in [1.807, 2.05) is 19.2 Å². The van der Waals surface area contributed by atoms with Crippen LogP contribution in [0.5, 0.6) is 0 Å². The molecule has 0 unspecified atom stereocenters. The third-order valence-electron chi connectivity index (χ3n) is 3.53. The first kappa shape index (κ1) is 12.9. The van der Waals surface area contributed by atoms with Gasteiger partial charge in [-0.1, -0.05) is 32.0 Å². The topological polar surface area (TPSA) is 30.7 Å². The Morgan fingerprint density at radius 3 is 2.80 bits per heavy atom. The van der Waals surface area contributed by atoms with Crippen LogP contribution in [0.15, 0.2) is 42.7 Å². The average molecular weight is 265 g/mol. The highest BCUT2D eigenvalue weighted by Gasteiger charge is 2.10. The van der Waals surface area contributed by atoms with Gasteiger partial charge in [0.15, 0.2) is 0 Å². The maximum Gasteiger partial charge on any atom is 0.111 e. The molecular formula is C17H19N3. The van der Waals surface area contributed by atoms with E-state index in [1.54, 1.807) is 0 Å². The maximum absolute atomic E-state index is 4.60. The first-order valence-corrected chi connectivity index (χ1v) is 7.01. The molecule has 0 aliphatic rings. The summed E-state index contributed by atoms with van der Waals surface area (Å²) in [5.41, 5.74) is 3.42. The van der Waals surface area contributed by atoms with Crippen molar-refractivity contribution in [2.75, 3.05) is 0 Å². The zero-order chi connectivity index (χ0) is 14.1. The van der Waals surface area contributed by atoms with Crippen LogP contribution in [0.4, 0.5) is 0 Å². The third-order valence-corrected chi connectivity index (χ3v) is 3.53. The highest BCUT2D eigenvalue weighted by Crippen LogP contribution is 2.21. The lowest BCUT2D eigenvalue weighted by Gasteiger charge is -2.13. The van der Waals surface area contributed by atoms with Gasteiger partial charge < -0.3 is 4.57 Å². The SMILES string of the molecule is Cc1cc(Cn2ccnc2C(C)C)c2ccccc2n1. The molecule has 0 saturated heterocycles. The molecule has 3 heteroatoms. The fourth-order valence-corrected chi connectivity index (χ4v) is 2.66. The fraction of sp³-hybridized carbons (Fsp3) is 0.294. The molecule has 0 fully saturated rings. The molecule has 20 heavy (non-hydrogen) atoms. The second-order valence-electron chi connectivity index (χ2n) is 5.51. The first-order chi connectivity index (χ1) is 9.65. The Kier molecular flexibility index (Phi) is 3.26. The lowest BCUT2D eigenvalue weighted by Crippen LogP contribution is -2.06. The van der Waals surface area contributed by atoms with Gasteiger partial charge in [0.2, 0.25) is 0 Å². The summed E-state index contributed by atoms with van der Waals surface area (Å²) in [4.78, 5) is 9.06. The molecule has 0 radical (unpaired) electrons. The molecule has 3 nitrogen and oxygen atoms in total. The van der Waals surface area contributed by atoms with Crippen LogP contribution in [0.3, 0.4) is 0 Å². The van der Waals surface area contributed by atoms with Gasteiger partial charge in [-0.3, -0.25) is 4.98 Å². The Labute approximate surface area is 119 Å². The molecule has 3 aromatic rings. The zero-order valence-corrected chi connectivity index (χ0v) is 12.2. The minimum atomic E-state index is 0.430. The van der Waals surface area contributed by atoms with Gasteiger partial charge >= 0.3 is 0 Å². The molecule has 0 atom stereocenters. The van der Waals surface area contributed by atoms with Crippen molar-refractivity contribution in [3.8, 4) is 0 Å². The summed E-state index contributed by atoms with van der Waals surface area (Å²) in [5.74, 6) is 1.56. The number of pyridine rings is 1. The van der Waals surface area contributed by atoms with E-state index in [9.17, 15) is 0 Å². The predicted molar refractivity (Wildman–Crippen MR) is 81.9 cm³/mol. The number of nitrogens with zero attached hydrogens (tertiary/aromatic N) is 3. The smallest absolute Gasteiger partial charge is 0.111 e. The number of imidazole rings is 1. The van der Waals surface area contributed by atoms with Crippen LogP contribution in [0, 0.1) is 6.92 Å². The van der Waals surface area contributed by atoms with Crippen molar-refractivity contribution in [2.45, 2.75) is 33.2 Å². The molecule has 2 heterocycles. The van der Waals surface area contributed by atoms with Gasteiger partial charge in [0.25, 0.3) is 0 Å². The number of fused-ring (bicyclic) bond motifs is 1. The average Bonchev–Trinajstić information content (AvgIpc) is 2.87. The summed E-state index contributed by atoms with van der Waals surface area (Å²) in [6.45, 7) is 7.24. The van der Waals surface area contributed by atoms with Crippen molar-refractivity contribution < 1.29 is 0 Å². The molecule has 0 amide bonds. The second-order valence-corrected chi connectivity index (χ2v) is 5.51. The third kappa shape index (κ3) is 2.31. The highest BCUT2D eigenvalue weighted by molar-refractivity contribution is 5.82. The number of para-hydroxylation sites is 1. The quantitative estimate of drug-likeness (QED) is 0.718. The van der Waals surface area contributed by atoms with Crippen LogP contribution in [-0.2, 0) is 6.54 Å². The van der Waals surface area contributed by atoms with Crippen molar-refractivity contribution in [3.63, 3.8) is 0 Å². The van der Waals surface area contributed by atoms with Crippen LogP contribution < -0.4 is 0 Å². The fourth-order valence-electron chi connectivity index (χ4n) is 2.66. The summed E-state index contributed by atoms with van der Waals surface area (Å²) in [7, 11) is 0. The minimum absolute atomic E-state index is 0.430. The van der Waals surface area contributed by atoms with Crippen molar-refractivity contribution in [1.82, 2.24) is 14.5 Å². The van der Waals surface area contributed by atoms with E-state index in [2.05, 4.69) is 58.8 Å². The molecule has 0 bridgehead atoms. The lowest BCUT2D eigenvalue weighted by molar-refractivity contribution is 0.671. The van der Waals surface area contributed by atoms with Gasteiger partial charge in [-0.2, -0.15) is 0 Å². The van der Waals surface area contributed by atoms with E-state index in [-0.39, 0.29) is 0 Å². The summed E-state index contributed by atoms with van der Waals surface area (Å²) in [5, 5.41) is 1.22. The van der Waals surface area contributed by atoms with Gasteiger partial charge in [-0.05, 0) is 24.6 Å². The van der Waals surface area contributed by atoms with Crippen LogP contribution in [0.1, 0.15) is 36.8 Å². The Balaban J connectivity index is 2.08. The van der Waals surface area contributed by atoms with Crippen molar-refractivity contribution in [3.05, 3.63) is 59.8 Å². The molecule has 1 aromatic carbocycles. The van der Waals surface area contributed by atoms with Gasteiger partial charge in [0.05, 0.1) is 5.52 Å². The monoisotopic (exact) mass is 265 g/mol. The number of aromatic nitrogens is 3. The van der Waals surface area contributed by atoms with E-state index in [4.69, 9.17) is 0 Å². The molecule has 2 aromatic heterocycles. The predicted octanol–water partition coefficient (Wildman–Crippen LogP) is 3.91. The number of benzene rings is 1. The number of aryl methyl sites for hydroxylation is 1. The number of hydrogen-bond acceptors (Lipinski definition) is 2. The zero-order valence-electron chi connectivity index (χ0n) is 12.2. The summed E-state index contributed by atoms with van der Waals surface area (Å²) in [6, 6.07) is 10.5. The normalized spacial score (nSPS) is 11.4. The highest BCUT2D eigenvalue weighted by atomic mass is 15.1. The van der Waals surface area contributed by atoms with E-state index in [0.717, 1.165) is 23.6 Å². The van der Waals surface area contributed by atoms with Gasteiger partial charge in [0.1, 0.15) is 5.82 Å². The van der Waals surface area contributed by atoms with Crippen LogP contribution in [0.2, 0.25) is 0 Å². The van der Waals surface area contributed by atoms with Crippen LogP contribution >= 0.6 is 0 Å². The van der Waals surface area contributed by atoms with Crippen molar-refractivity contribution >= 4 is 10.9 Å². The van der Waals surface area contributed by atoms with E-state index in [0.29, 0.717) is 5.92 Å². The summed E-state index contributed by atoms with van der Waals surface area (Å²) >= 11 is 0. The summed E-state index contributed by atoms with van der Waals surface area (Å²) in [6.07, 6.45) is 3.94. The Bertz CT molecular complexity index is 741. The second kappa shape index (κ2) is 5.08. The molecule has 3 rings (SSSR count). The standard InChI is InChI=1S/C17H19N3/c1-12(2)17-18-8-9-20(17)11-14-10-13(3)19-16-7-5-4-6-15(14)16/h4-10,12H,11H2,1-3H3. The maximum atomic E-state index is 4.60. The Morgan fingerprint density at radius 1 is 1.20 bits per heavy atom. The van der Waals surface area contributed by atoms with Gasteiger partial charge in [-0.15, -0.1) is 0 Å². The summed E-state index contributed by atoms with van der Waals surface area (Å²) < 4.78 is 2.23. The van der Waals surface area contributed by atoms with Gasteiger partial charge in [0, 0.05) is 35.9 Å². The molecule has 102 valence electrons. The largest absolute Gasteiger partial charge is 0.330 e. The first-order valence-electron chi connectivity index (χ1n) is 7.01. The Morgan fingerprint density at radius 2 is 2.00 bits per heavy atom. The number of hydrogen-bond donors (Lipinski definition) is 0. The van der Waals surface area contributed by atoms with E-state index in [1.165, 1.54) is 10.9 Å². The molecule has 0 N–H and O–H groups in total. The van der Waals surface area contributed by atoms with Gasteiger partial charge in [-0.25, -0.2) is 4.98 Å². The molecule has 0 aliphatic heterocycles. The van der Waals surface area contributed by atoms with Crippen LogP contribution in [0.25, 0.3) is 10.9 Å². The number of rotatable bonds is 3. The van der Waals surface area contributed by atoms with E-state index >= 15 is 0 Å². The molecule has 0 aliphatic carbocycles. The molecule has 0 saturated carbocycles. The van der Waals surface area contributed by atoms with E-state index < -0.39 is 0 Å². The van der Waals surface area contributed by atoms with Crippen LogP contribution in [-0.4, -0.2) is 14.5 Å². The molecule has 0 spiro atoms. The van der Waals surface area contributed by atoms with Crippen molar-refractivity contribution in [1.29, 1.82) is 0 Å². The Hall–Kier alpha value is -2.16. The van der Waals surface area contributed by atoms with Crippen molar-refractivity contribution in [2.24, 2.45) is 0 Å². The lowest BCUT2D eigenvalue weighted by atomic mass is 10.1.